The van der Waals surface area contributed by atoms with Gasteiger partial charge in [-0.15, -0.1) is 16.7 Å². The molecule has 1 aromatic rings. The van der Waals surface area contributed by atoms with Gasteiger partial charge < -0.3 is 9.32 Å². The predicted molar refractivity (Wildman–Crippen MR) is 59.2 cm³/mol. The molecule has 1 atom stereocenters. The minimum absolute atomic E-state index is 0.220. The van der Waals surface area contributed by atoms with Gasteiger partial charge in [0.2, 0.25) is 5.89 Å². The Morgan fingerprint density at radius 1 is 1.47 bits per heavy atom. The van der Waals surface area contributed by atoms with Gasteiger partial charge in [-0.1, -0.05) is 18.9 Å². The molecule has 1 aliphatic rings. The monoisotopic (exact) mass is 229 g/mol. The van der Waals surface area contributed by atoms with E-state index in [0.29, 0.717) is 17.3 Å². The molecule has 5 heteroatoms. The van der Waals surface area contributed by atoms with Gasteiger partial charge in [0.1, 0.15) is 5.38 Å². The summed E-state index contributed by atoms with van der Waals surface area (Å²) >= 11 is 5.86. The van der Waals surface area contributed by atoms with Gasteiger partial charge in [-0.2, -0.15) is 0 Å². The normalized spacial score (nSPS) is 22.0. The van der Waals surface area contributed by atoms with Crippen LogP contribution in [-0.2, 0) is 0 Å². The lowest BCUT2D eigenvalue weighted by molar-refractivity contribution is 0.413. The lowest BCUT2D eigenvalue weighted by Gasteiger charge is -2.17. The van der Waals surface area contributed by atoms with Crippen molar-refractivity contribution < 1.29 is 4.42 Å². The second-order valence-corrected chi connectivity index (χ2v) is 5.53. The molecule has 2 heterocycles. The molecule has 1 unspecified atom stereocenters. The van der Waals surface area contributed by atoms with Crippen molar-refractivity contribution in [3.05, 3.63) is 5.89 Å². The largest absolute Gasteiger partial charge is 0.406 e. The van der Waals surface area contributed by atoms with Gasteiger partial charge in [-0.3, -0.25) is 0 Å². The van der Waals surface area contributed by atoms with Crippen LogP contribution in [0.5, 0.6) is 0 Å². The molecule has 0 saturated carbocycles. The van der Waals surface area contributed by atoms with Gasteiger partial charge in [0, 0.05) is 13.1 Å². The SMILES string of the molecule is CC(Cl)c1nnc(N2CCC(C)(C)C2)o1. The van der Waals surface area contributed by atoms with Gasteiger partial charge >= 0.3 is 6.01 Å². The number of halogens is 1. The molecule has 1 fully saturated rings. The van der Waals surface area contributed by atoms with E-state index in [2.05, 4.69) is 28.9 Å². The minimum Gasteiger partial charge on any atom is -0.406 e. The van der Waals surface area contributed by atoms with E-state index < -0.39 is 0 Å². The minimum atomic E-state index is -0.220. The van der Waals surface area contributed by atoms with Crippen LogP contribution in [0.3, 0.4) is 0 Å². The Hall–Kier alpha value is -0.770. The number of alkyl halides is 1. The van der Waals surface area contributed by atoms with Crippen LogP contribution in [-0.4, -0.2) is 23.3 Å². The maximum absolute atomic E-state index is 5.86. The van der Waals surface area contributed by atoms with Crippen LogP contribution in [0.15, 0.2) is 4.42 Å². The summed E-state index contributed by atoms with van der Waals surface area (Å²) in [5.74, 6) is 0.497. The van der Waals surface area contributed by atoms with Crippen molar-refractivity contribution in [2.75, 3.05) is 18.0 Å². The van der Waals surface area contributed by atoms with Crippen LogP contribution in [0.4, 0.5) is 6.01 Å². The maximum atomic E-state index is 5.86. The lowest BCUT2D eigenvalue weighted by Crippen LogP contribution is -2.22. The van der Waals surface area contributed by atoms with Crippen LogP contribution >= 0.6 is 11.6 Å². The van der Waals surface area contributed by atoms with Crippen molar-refractivity contribution >= 4 is 17.6 Å². The highest BCUT2D eigenvalue weighted by Crippen LogP contribution is 2.32. The Kier molecular flexibility index (Phi) is 2.63. The smallest absolute Gasteiger partial charge is 0.318 e. The van der Waals surface area contributed by atoms with Crippen molar-refractivity contribution in [3.63, 3.8) is 0 Å². The molecule has 2 rings (SSSR count). The molecular formula is C10H16ClN3O. The second kappa shape index (κ2) is 3.67. The van der Waals surface area contributed by atoms with E-state index in [1.165, 1.54) is 0 Å². The molecule has 0 aliphatic carbocycles. The van der Waals surface area contributed by atoms with Crippen molar-refractivity contribution in [2.45, 2.75) is 32.6 Å². The third-order valence-electron chi connectivity index (χ3n) is 2.72. The predicted octanol–water partition coefficient (Wildman–Crippen LogP) is 2.61. The van der Waals surface area contributed by atoms with E-state index >= 15 is 0 Å². The van der Waals surface area contributed by atoms with E-state index in [-0.39, 0.29) is 5.38 Å². The van der Waals surface area contributed by atoms with E-state index in [1.54, 1.807) is 0 Å². The summed E-state index contributed by atoms with van der Waals surface area (Å²) in [5.41, 5.74) is 0.335. The summed E-state index contributed by atoms with van der Waals surface area (Å²) in [4.78, 5) is 2.12. The highest BCUT2D eigenvalue weighted by molar-refractivity contribution is 6.20. The molecule has 0 bridgehead atoms. The Labute approximate surface area is 94.6 Å². The zero-order chi connectivity index (χ0) is 11.1. The van der Waals surface area contributed by atoms with E-state index in [9.17, 15) is 0 Å². The third-order valence-corrected chi connectivity index (χ3v) is 2.90. The Morgan fingerprint density at radius 2 is 2.20 bits per heavy atom. The molecule has 0 N–H and O–H groups in total. The van der Waals surface area contributed by atoms with E-state index in [4.69, 9.17) is 16.0 Å². The summed E-state index contributed by atoms with van der Waals surface area (Å²) in [6.07, 6.45) is 1.15. The molecule has 0 amide bonds. The first kappa shape index (κ1) is 10.7. The summed E-state index contributed by atoms with van der Waals surface area (Å²) in [5, 5.41) is 7.71. The average Bonchev–Trinajstić information content (AvgIpc) is 2.70. The van der Waals surface area contributed by atoms with Gasteiger partial charge in [0.25, 0.3) is 0 Å². The molecule has 84 valence electrons. The number of anilines is 1. The summed E-state index contributed by atoms with van der Waals surface area (Å²) in [6, 6.07) is 0.600. The number of rotatable bonds is 2. The Bertz CT molecular complexity index is 348. The molecule has 4 nitrogen and oxygen atoms in total. The first-order valence-corrected chi connectivity index (χ1v) is 5.64. The summed E-state index contributed by atoms with van der Waals surface area (Å²) < 4.78 is 5.49. The maximum Gasteiger partial charge on any atom is 0.318 e. The van der Waals surface area contributed by atoms with Crippen LogP contribution in [0.1, 0.15) is 38.5 Å². The fraction of sp³-hybridized carbons (Fsp3) is 0.800. The first-order chi connectivity index (χ1) is 6.98. The third kappa shape index (κ3) is 2.25. The number of hydrogen-bond acceptors (Lipinski definition) is 4. The van der Waals surface area contributed by atoms with Gasteiger partial charge in [0.15, 0.2) is 0 Å². The molecule has 1 aliphatic heterocycles. The van der Waals surface area contributed by atoms with Gasteiger partial charge in [-0.25, -0.2) is 0 Å². The van der Waals surface area contributed by atoms with Crippen molar-refractivity contribution in [1.29, 1.82) is 0 Å². The highest BCUT2D eigenvalue weighted by Gasteiger charge is 2.32. The Balaban J connectivity index is 2.11. The first-order valence-electron chi connectivity index (χ1n) is 5.20. The topological polar surface area (TPSA) is 42.2 Å². The van der Waals surface area contributed by atoms with E-state index in [1.807, 2.05) is 6.92 Å². The van der Waals surface area contributed by atoms with Crippen LogP contribution in [0, 0.1) is 5.41 Å². The molecule has 15 heavy (non-hydrogen) atoms. The fourth-order valence-corrected chi connectivity index (χ4v) is 1.88. The van der Waals surface area contributed by atoms with E-state index in [0.717, 1.165) is 19.5 Å². The standard InChI is InChI=1S/C10H16ClN3O/c1-7(11)8-12-13-9(15-8)14-5-4-10(2,3)6-14/h7H,4-6H2,1-3H3. The Morgan fingerprint density at radius 3 is 2.67 bits per heavy atom. The summed E-state index contributed by atoms with van der Waals surface area (Å²) in [7, 11) is 0. The second-order valence-electron chi connectivity index (χ2n) is 4.87. The van der Waals surface area contributed by atoms with Gasteiger partial charge in [-0.05, 0) is 18.8 Å². The number of aromatic nitrogens is 2. The molecule has 1 saturated heterocycles. The zero-order valence-corrected chi connectivity index (χ0v) is 10.1. The number of nitrogens with zero attached hydrogens (tertiary/aromatic N) is 3. The highest BCUT2D eigenvalue weighted by atomic mass is 35.5. The van der Waals surface area contributed by atoms with Crippen molar-refractivity contribution in [1.82, 2.24) is 10.2 Å². The average molecular weight is 230 g/mol. The molecular weight excluding hydrogens is 214 g/mol. The summed E-state index contributed by atoms with van der Waals surface area (Å²) in [6.45, 7) is 8.26. The lowest BCUT2D eigenvalue weighted by atomic mass is 9.93. The zero-order valence-electron chi connectivity index (χ0n) is 9.33. The van der Waals surface area contributed by atoms with Crippen LogP contribution in [0.25, 0.3) is 0 Å². The van der Waals surface area contributed by atoms with Crippen molar-refractivity contribution in [3.8, 4) is 0 Å². The van der Waals surface area contributed by atoms with Crippen LogP contribution in [0.2, 0.25) is 0 Å². The van der Waals surface area contributed by atoms with Crippen LogP contribution < -0.4 is 4.90 Å². The van der Waals surface area contributed by atoms with Gasteiger partial charge in [0.05, 0.1) is 0 Å². The molecule has 0 spiro atoms. The molecule has 0 aromatic carbocycles. The fourth-order valence-electron chi connectivity index (χ4n) is 1.79. The quantitative estimate of drug-likeness (QED) is 0.732. The van der Waals surface area contributed by atoms with Crippen molar-refractivity contribution in [2.24, 2.45) is 5.41 Å². The molecule has 0 radical (unpaired) electrons. The molecule has 1 aromatic heterocycles. The number of hydrogen-bond donors (Lipinski definition) is 0.